The lowest BCUT2D eigenvalue weighted by Gasteiger charge is -2.16. The molecule has 0 N–H and O–H groups in total. The molecule has 6 heteroatoms. The van der Waals surface area contributed by atoms with Crippen LogP contribution in [0.2, 0.25) is 0 Å². The molecule has 2 rings (SSSR count). The Bertz CT molecular complexity index is 464. The molecule has 1 aliphatic heterocycles. The highest BCUT2D eigenvalue weighted by atomic mass is 19.3. The van der Waals surface area contributed by atoms with Crippen LogP contribution in [0.5, 0.6) is 5.75 Å². The molecule has 1 atom stereocenters. The smallest absolute Gasteiger partial charge is 0.387 e. The molecule has 1 aromatic rings. The van der Waals surface area contributed by atoms with Gasteiger partial charge in [-0.25, -0.2) is 0 Å². The maximum Gasteiger partial charge on any atom is 0.387 e. The average molecular weight is 299 g/mol. The van der Waals surface area contributed by atoms with Crippen LogP contribution < -0.4 is 4.74 Å². The summed E-state index contributed by atoms with van der Waals surface area (Å²) in [6.45, 7) is -0.930. The summed E-state index contributed by atoms with van der Waals surface area (Å²) in [5, 5.41) is 0. The summed E-state index contributed by atoms with van der Waals surface area (Å²) < 4.78 is 33.4. The lowest BCUT2D eigenvalue weighted by Crippen LogP contribution is -2.28. The molecule has 0 unspecified atom stereocenters. The Kier molecular flexibility index (Phi) is 5.50. The third kappa shape index (κ3) is 4.67. The van der Waals surface area contributed by atoms with Gasteiger partial charge >= 0.3 is 6.61 Å². The minimum absolute atomic E-state index is 0.148. The topological polar surface area (TPSA) is 38.8 Å². The Morgan fingerprint density at radius 1 is 1.33 bits per heavy atom. The molecule has 1 saturated heterocycles. The van der Waals surface area contributed by atoms with Crippen LogP contribution in [0.1, 0.15) is 12.0 Å². The highest BCUT2D eigenvalue weighted by Gasteiger charge is 2.29. The van der Waals surface area contributed by atoms with E-state index in [1.165, 1.54) is 12.1 Å². The van der Waals surface area contributed by atoms with E-state index in [-0.39, 0.29) is 17.6 Å². The van der Waals surface area contributed by atoms with Crippen LogP contribution in [-0.2, 0) is 16.0 Å². The number of carbonyl (C=O) groups excluding carboxylic acids is 1. The molecule has 0 aromatic heterocycles. The number of ether oxygens (including phenoxy) is 2. The van der Waals surface area contributed by atoms with Gasteiger partial charge in [0.2, 0.25) is 5.91 Å². The Labute approximate surface area is 122 Å². The Morgan fingerprint density at radius 2 is 2.05 bits per heavy atom. The van der Waals surface area contributed by atoms with Gasteiger partial charge in [0.15, 0.2) is 0 Å². The zero-order valence-corrected chi connectivity index (χ0v) is 11.9. The van der Waals surface area contributed by atoms with Crippen molar-refractivity contribution in [1.82, 2.24) is 4.90 Å². The molecule has 21 heavy (non-hydrogen) atoms. The van der Waals surface area contributed by atoms with Crippen molar-refractivity contribution in [3.63, 3.8) is 0 Å². The summed E-state index contributed by atoms with van der Waals surface area (Å²) in [7, 11) is 1.61. The first-order chi connectivity index (χ1) is 10.1. The second-order valence-corrected chi connectivity index (χ2v) is 5.13. The van der Waals surface area contributed by atoms with E-state index < -0.39 is 6.61 Å². The van der Waals surface area contributed by atoms with Crippen LogP contribution in [-0.4, -0.2) is 44.2 Å². The van der Waals surface area contributed by atoms with Crippen LogP contribution >= 0.6 is 0 Å². The van der Waals surface area contributed by atoms with E-state index in [9.17, 15) is 13.6 Å². The van der Waals surface area contributed by atoms with Crippen molar-refractivity contribution < 1.29 is 23.0 Å². The predicted octanol–water partition coefficient (Wildman–Crippen LogP) is 2.33. The molecule has 0 saturated carbocycles. The fourth-order valence-corrected chi connectivity index (χ4v) is 2.55. The average Bonchev–Trinajstić information content (AvgIpc) is 2.78. The summed E-state index contributed by atoms with van der Waals surface area (Å²) in [5.74, 6) is 0.559. The van der Waals surface area contributed by atoms with E-state index >= 15 is 0 Å². The zero-order chi connectivity index (χ0) is 15.2. The van der Waals surface area contributed by atoms with Gasteiger partial charge < -0.3 is 14.4 Å². The molecule has 0 radical (unpaired) electrons. The third-order valence-corrected chi connectivity index (χ3v) is 3.53. The summed E-state index contributed by atoms with van der Waals surface area (Å²) in [6.07, 6.45) is 1.28. The fourth-order valence-electron chi connectivity index (χ4n) is 2.55. The van der Waals surface area contributed by atoms with Gasteiger partial charge in [-0.2, -0.15) is 8.78 Å². The van der Waals surface area contributed by atoms with E-state index in [0.29, 0.717) is 19.6 Å². The second kappa shape index (κ2) is 7.36. The van der Waals surface area contributed by atoms with Gasteiger partial charge in [-0.15, -0.1) is 0 Å². The van der Waals surface area contributed by atoms with Crippen molar-refractivity contribution in [1.29, 1.82) is 0 Å². The van der Waals surface area contributed by atoms with Crippen molar-refractivity contribution in [2.75, 3.05) is 26.8 Å². The van der Waals surface area contributed by atoms with Crippen molar-refractivity contribution in [3.05, 3.63) is 29.8 Å². The first-order valence-corrected chi connectivity index (χ1v) is 6.89. The maximum absolute atomic E-state index is 12.1. The lowest BCUT2D eigenvalue weighted by molar-refractivity contribution is -0.128. The van der Waals surface area contributed by atoms with Gasteiger partial charge in [0.05, 0.1) is 6.61 Å². The van der Waals surface area contributed by atoms with Crippen LogP contribution in [0.3, 0.4) is 0 Å². The molecule has 116 valence electrons. The van der Waals surface area contributed by atoms with E-state index in [2.05, 4.69) is 4.74 Å². The van der Waals surface area contributed by atoms with Crippen molar-refractivity contribution in [2.45, 2.75) is 19.5 Å². The lowest BCUT2D eigenvalue weighted by atomic mass is 9.98. The molecule has 4 nitrogen and oxygen atoms in total. The number of nitrogens with zero attached hydrogens (tertiary/aromatic N) is 1. The number of amides is 1. The van der Waals surface area contributed by atoms with Crippen molar-refractivity contribution >= 4 is 5.91 Å². The van der Waals surface area contributed by atoms with Gasteiger partial charge in [0.1, 0.15) is 5.75 Å². The number of likely N-dealkylation sites (tertiary alicyclic amines) is 1. The van der Waals surface area contributed by atoms with Gasteiger partial charge in [0, 0.05) is 26.6 Å². The first-order valence-electron chi connectivity index (χ1n) is 6.89. The largest absolute Gasteiger partial charge is 0.435 e. The van der Waals surface area contributed by atoms with E-state index in [4.69, 9.17) is 4.74 Å². The first kappa shape index (κ1) is 15.7. The number of rotatable bonds is 7. The van der Waals surface area contributed by atoms with Crippen LogP contribution in [0, 0.1) is 5.92 Å². The minimum atomic E-state index is -2.81. The van der Waals surface area contributed by atoms with E-state index in [1.54, 1.807) is 19.2 Å². The van der Waals surface area contributed by atoms with E-state index in [1.807, 2.05) is 4.90 Å². The molecular weight excluding hydrogens is 280 g/mol. The molecular formula is C15H19F2NO3. The highest BCUT2D eigenvalue weighted by Crippen LogP contribution is 2.23. The second-order valence-electron chi connectivity index (χ2n) is 5.13. The zero-order valence-electron chi connectivity index (χ0n) is 11.9. The monoisotopic (exact) mass is 299 g/mol. The number of carbonyl (C=O) groups is 1. The molecule has 0 spiro atoms. The van der Waals surface area contributed by atoms with Crippen LogP contribution in [0.25, 0.3) is 0 Å². The Balaban J connectivity index is 1.86. The molecule has 1 aliphatic rings. The SMILES string of the molecule is COCCN1C[C@H](Cc2ccc(OC(F)F)cc2)CC1=O. The quantitative estimate of drug-likeness (QED) is 0.775. The van der Waals surface area contributed by atoms with Gasteiger partial charge in [-0.05, 0) is 30.0 Å². The van der Waals surface area contributed by atoms with Crippen LogP contribution in [0.15, 0.2) is 24.3 Å². The number of alkyl halides is 2. The molecule has 0 aliphatic carbocycles. The molecule has 1 aromatic carbocycles. The molecule has 0 bridgehead atoms. The standard InChI is InChI=1S/C15H19F2NO3/c1-20-7-6-18-10-12(9-14(18)19)8-11-2-4-13(5-3-11)21-15(16)17/h2-5,12,15H,6-10H2,1H3/t12-/m1/s1. The summed E-state index contributed by atoms with van der Waals surface area (Å²) in [5.41, 5.74) is 1.02. The molecule has 1 amide bonds. The highest BCUT2D eigenvalue weighted by molar-refractivity contribution is 5.78. The van der Waals surface area contributed by atoms with Gasteiger partial charge in [-0.1, -0.05) is 12.1 Å². The number of hydrogen-bond acceptors (Lipinski definition) is 3. The predicted molar refractivity (Wildman–Crippen MR) is 73.3 cm³/mol. The minimum Gasteiger partial charge on any atom is -0.435 e. The number of benzene rings is 1. The normalized spacial score (nSPS) is 18.6. The fraction of sp³-hybridized carbons (Fsp3) is 0.533. The van der Waals surface area contributed by atoms with Gasteiger partial charge in [-0.3, -0.25) is 4.79 Å². The van der Waals surface area contributed by atoms with E-state index in [0.717, 1.165) is 18.5 Å². The number of methoxy groups -OCH3 is 1. The van der Waals surface area contributed by atoms with Crippen molar-refractivity contribution in [2.24, 2.45) is 5.92 Å². The Morgan fingerprint density at radius 3 is 2.67 bits per heavy atom. The summed E-state index contributed by atoms with van der Waals surface area (Å²) in [6, 6.07) is 6.59. The summed E-state index contributed by atoms with van der Waals surface area (Å²) in [4.78, 5) is 13.6. The summed E-state index contributed by atoms with van der Waals surface area (Å²) >= 11 is 0. The van der Waals surface area contributed by atoms with Crippen molar-refractivity contribution in [3.8, 4) is 5.75 Å². The Hall–Kier alpha value is -1.69. The maximum atomic E-state index is 12.1. The third-order valence-electron chi connectivity index (χ3n) is 3.53. The molecule has 1 fully saturated rings. The van der Waals surface area contributed by atoms with Gasteiger partial charge in [0.25, 0.3) is 0 Å². The molecule has 1 heterocycles. The number of halogens is 2. The number of hydrogen-bond donors (Lipinski definition) is 0. The van der Waals surface area contributed by atoms with Crippen LogP contribution in [0.4, 0.5) is 8.78 Å².